The smallest absolute Gasteiger partial charge is 0.254 e. The zero-order chi connectivity index (χ0) is 17.7. The van der Waals surface area contributed by atoms with Crippen LogP contribution in [-0.4, -0.2) is 65.3 Å². The summed E-state index contributed by atoms with van der Waals surface area (Å²) in [5.74, 6) is 0.116. The van der Waals surface area contributed by atoms with Gasteiger partial charge >= 0.3 is 0 Å². The van der Waals surface area contributed by atoms with E-state index in [0.29, 0.717) is 45.0 Å². The molecule has 7 nitrogen and oxygen atoms in total. The summed E-state index contributed by atoms with van der Waals surface area (Å²) in [6.45, 7) is 3.90. The number of morpholine rings is 1. The molecule has 2 fully saturated rings. The van der Waals surface area contributed by atoms with Crippen molar-refractivity contribution >= 4 is 15.9 Å². The molecule has 0 aliphatic carbocycles. The van der Waals surface area contributed by atoms with Gasteiger partial charge in [-0.15, -0.1) is 0 Å². The van der Waals surface area contributed by atoms with Crippen molar-refractivity contribution in [3.8, 4) is 0 Å². The number of benzene rings is 1. The summed E-state index contributed by atoms with van der Waals surface area (Å²) < 4.78 is 38.0. The van der Waals surface area contributed by atoms with Crippen LogP contribution in [0.25, 0.3) is 0 Å². The Morgan fingerprint density at radius 2 is 1.84 bits per heavy atom. The molecule has 0 saturated carbocycles. The fraction of sp³-hybridized carbons (Fsp3) is 0.588. The lowest BCUT2D eigenvalue weighted by Crippen LogP contribution is -2.40. The van der Waals surface area contributed by atoms with E-state index >= 15 is 0 Å². The highest BCUT2D eigenvalue weighted by molar-refractivity contribution is 7.89. The number of ether oxygens (including phenoxy) is 2. The lowest BCUT2D eigenvalue weighted by Gasteiger charge is -2.26. The van der Waals surface area contributed by atoms with E-state index < -0.39 is 10.0 Å². The van der Waals surface area contributed by atoms with Gasteiger partial charge in [0, 0.05) is 31.8 Å². The van der Waals surface area contributed by atoms with Crippen LogP contribution in [0.4, 0.5) is 0 Å². The van der Waals surface area contributed by atoms with E-state index in [4.69, 9.17) is 9.47 Å². The Bertz CT molecular complexity index is 677. The zero-order valence-corrected chi connectivity index (χ0v) is 15.0. The number of rotatable bonds is 5. The average molecular weight is 368 g/mol. The van der Waals surface area contributed by atoms with Gasteiger partial charge in [-0.2, -0.15) is 0 Å². The summed E-state index contributed by atoms with van der Waals surface area (Å²) in [6.07, 6.45) is 1.93. The zero-order valence-electron chi connectivity index (χ0n) is 14.1. The van der Waals surface area contributed by atoms with Crippen LogP contribution in [0.1, 0.15) is 23.2 Å². The van der Waals surface area contributed by atoms with Crippen molar-refractivity contribution in [1.29, 1.82) is 0 Å². The molecular formula is C17H24N2O5S. The first-order valence-electron chi connectivity index (χ1n) is 8.61. The van der Waals surface area contributed by atoms with Crippen LogP contribution in [0.5, 0.6) is 0 Å². The van der Waals surface area contributed by atoms with E-state index in [2.05, 4.69) is 4.72 Å². The van der Waals surface area contributed by atoms with Crippen molar-refractivity contribution in [2.75, 3.05) is 46.1 Å². The monoisotopic (exact) mass is 368 g/mol. The molecule has 3 rings (SSSR count). The number of hydrogen-bond acceptors (Lipinski definition) is 5. The van der Waals surface area contributed by atoms with Gasteiger partial charge in [0.1, 0.15) is 0 Å². The quantitative estimate of drug-likeness (QED) is 0.833. The predicted octanol–water partition coefficient (Wildman–Crippen LogP) is 0.864. The van der Waals surface area contributed by atoms with Crippen molar-refractivity contribution in [3.63, 3.8) is 0 Å². The van der Waals surface area contributed by atoms with Gasteiger partial charge in [0.2, 0.25) is 10.0 Å². The summed E-state index contributed by atoms with van der Waals surface area (Å²) in [7, 11) is -3.58. The van der Waals surface area contributed by atoms with Crippen molar-refractivity contribution < 1.29 is 22.7 Å². The molecule has 1 amide bonds. The highest BCUT2D eigenvalue weighted by Gasteiger charge is 2.21. The second-order valence-electron chi connectivity index (χ2n) is 6.36. The fourth-order valence-electron chi connectivity index (χ4n) is 3.00. The molecule has 0 spiro atoms. The maximum atomic E-state index is 12.4. The lowest BCUT2D eigenvalue weighted by molar-refractivity contribution is 0.0303. The first kappa shape index (κ1) is 18.3. The van der Waals surface area contributed by atoms with Crippen molar-refractivity contribution in [2.45, 2.75) is 17.7 Å². The Kier molecular flexibility index (Phi) is 6.06. The normalized spacial score (nSPS) is 21.9. The van der Waals surface area contributed by atoms with E-state index in [0.717, 1.165) is 19.4 Å². The minimum absolute atomic E-state index is 0.0976. The van der Waals surface area contributed by atoms with Crippen LogP contribution in [0.2, 0.25) is 0 Å². The van der Waals surface area contributed by atoms with Crippen LogP contribution in [0.15, 0.2) is 29.2 Å². The van der Waals surface area contributed by atoms with Gasteiger partial charge < -0.3 is 14.4 Å². The maximum absolute atomic E-state index is 12.4. The lowest BCUT2D eigenvalue weighted by atomic mass is 10.0. The van der Waals surface area contributed by atoms with Crippen molar-refractivity contribution in [2.24, 2.45) is 5.92 Å². The molecule has 2 heterocycles. The summed E-state index contributed by atoms with van der Waals surface area (Å²) in [4.78, 5) is 14.3. The van der Waals surface area contributed by atoms with E-state index in [-0.39, 0.29) is 16.7 Å². The summed E-state index contributed by atoms with van der Waals surface area (Å²) in [6, 6.07) is 6.09. The number of amides is 1. The van der Waals surface area contributed by atoms with Gasteiger partial charge in [-0.3, -0.25) is 4.79 Å². The van der Waals surface area contributed by atoms with Gasteiger partial charge in [0.05, 0.1) is 24.7 Å². The van der Waals surface area contributed by atoms with Crippen LogP contribution < -0.4 is 4.72 Å². The second-order valence-corrected chi connectivity index (χ2v) is 8.13. The maximum Gasteiger partial charge on any atom is 0.254 e. The Morgan fingerprint density at radius 1 is 1.12 bits per heavy atom. The van der Waals surface area contributed by atoms with Crippen LogP contribution >= 0.6 is 0 Å². The molecule has 0 unspecified atom stereocenters. The summed E-state index contributed by atoms with van der Waals surface area (Å²) >= 11 is 0. The third kappa shape index (κ3) is 4.78. The molecule has 1 atom stereocenters. The standard InChI is InChI=1S/C17H24N2O5S/c20-17(19-7-10-23-11-8-19)15-3-5-16(6-4-15)25(21,22)18-12-14-2-1-9-24-13-14/h3-6,14,18H,1-2,7-13H2/t14-/m0/s1. The molecule has 138 valence electrons. The van der Waals surface area contributed by atoms with E-state index in [1.165, 1.54) is 12.1 Å². The SMILES string of the molecule is O=C(c1ccc(S(=O)(=O)NC[C@@H]2CCCOC2)cc1)N1CCOCC1. The van der Waals surface area contributed by atoms with Crippen molar-refractivity contribution in [1.82, 2.24) is 9.62 Å². The first-order valence-corrected chi connectivity index (χ1v) is 10.1. The van der Waals surface area contributed by atoms with E-state index in [1.54, 1.807) is 17.0 Å². The third-order valence-corrected chi connectivity index (χ3v) is 5.97. The molecule has 0 bridgehead atoms. The second kappa shape index (κ2) is 8.27. The number of nitrogens with zero attached hydrogens (tertiary/aromatic N) is 1. The molecule has 8 heteroatoms. The minimum Gasteiger partial charge on any atom is -0.381 e. The summed E-state index contributed by atoms with van der Waals surface area (Å²) in [5.41, 5.74) is 0.488. The number of carbonyl (C=O) groups excluding carboxylic acids is 1. The fourth-order valence-corrected chi connectivity index (χ4v) is 4.12. The number of nitrogens with one attached hydrogen (secondary N) is 1. The van der Waals surface area contributed by atoms with Crippen molar-refractivity contribution in [3.05, 3.63) is 29.8 Å². The minimum atomic E-state index is -3.58. The molecule has 0 radical (unpaired) electrons. The topological polar surface area (TPSA) is 84.9 Å². The molecular weight excluding hydrogens is 344 g/mol. The van der Waals surface area contributed by atoms with Gasteiger partial charge in [-0.25, -0.2) is 13.1 Å². The molecule has 2 saturated heterocycles. The predicted molar refractivity (Wildman–Crippen MR) is 91.9 cm³/mol. The molecule has 1 aromatic carbocycles. The van der Waals surface area contributed by atoms with E-state index in [1.807, 2.05) is 0 Å². The van der Waals surface area contributed by atoms with Crippen LogP contribution in [-0.2, 0) is 19.5 Å². The Balaban J connectivity index is 1.61. The summed E-state index contributed by atoms with van der Waals surface area (Å²) in [5, 5.41) is 0. The average Bonchev–Trinajstić information content (AvgIpc) is 2.67. The number of hydrogen-bond donors (Lipinski definition) is 1. The van der Waals surface area contributed by atoms with Crippen LogP contribution in [0, 0.1) is 5.92 Å². The Labute approximate surface area is 148 Å². The highest BCUT2D eigenvalue weighted by atomic mass is 32.2. The van der Waals surface area contributed by atoms with Gasteiger partial charge in [-0.1, -0.05) is 0 Å². The van der Waals surface area contributed by atoms with Crippen LogP contribution in [0.3, 0.4) is 0 Å². The van der Waals surface area contributed by atoms with Gasteiger partial charge in [0.25, 0.3) is 5.91 Å². The number of carbonyl (C=O) groups is 1. The molecule has 1 N–H and O–H groups in total. The van der Waals surface area contributed by atoms with E-state index in [9.17, 15) is 13.2 Å². The van der Waals surface area contributed by atoms with Gasteiger partial charge in [0.15, 0.2) is 0 Å². The highest BCUT2D eigenvalue weighted by Crippen LogP contribution is 2.16. The molecule has 2 aliphatic rings. The molecule has 1 aromatic rings. The number of sulfonamides is 1. The first-order chi connectivity index (χ1) is 12.1. The third-order valence-electron chi connectivity index (χ3n) is 4.53. The molecule has 25 heavy (non-hydrogen) atoms. The largest absolute Gasteiger partial charge is 0.381 e. The van der Waals surface area contributed by atoms with Gasteiger partial charge in [-0.05, 0) is 43.0 Å². The Hall–Kier alpha value is -1.48. The molecule has 0 aromatic heterocycles. The molecule has 2 aliphatic heterocycles. The Morgan fingerprint density at radius 3 is 2.48 bits per heavy atom.